The normalized spacial score (nSPS) is 15.6. The molecule has 2 aromatic carbocycles. The Morgan fingerprint density at radius 1 is 0.933 bits per heavy atom. The van der Waals surface area contributed by atoms with Crippen molar-refractivity contribution in [2.45, 2.75) is 20.3 Å². The maximum Gasteiger partial charge on any atom is 0.194 e. The third-order valence-corrected chi connectivity index (χ3v) is 5.38. The second kappa shape index (κ2) is 9.49. The lowest BCUT2D eigenvalue weighted by Crippen LogP contribution is -2.38. The number of benzene rings is 2. The van der Waals surface area contributed by atoms with E-state index in [1.807, 2.05) is 37.3 Å². The number of fused-ring (bicyclic) bond motifs is 3. The van der Waals surface area contributed by atoms with E-state index < -0.39 is 0 Å². The summed E-state index contributed by atoms with van der Waals surface area (Å²) < 4.78 is 23.3. The summed E-state index contributed by atoms with van der Waals surface area (Å²) in [6, 6.07) is 9.36. The smallest absolute Gasteiger partial charge is 0.194 e. The van der Waals surface area contributed by atoms with Crippen molar-refractivity contribution in [2.24, 2.45) is 0 Å². The fourth-order valence-corrected chi connectivity index (χ4v) is 3.96. The van der Waals surface area contributed by atoms with Crippen molar-refractivity contribution in [2.75, 3.05) is 52.7 Å². The molecule has 30 heavy (non-hydrogen) atoms. The minimum absolute atomic E-state index is 0.0125. The third kappa shape index (κ3) is 4.16. The first kappa shape index (κ1) is 20.7. The molecule has 6 heteroatoms. The van der Waals surface area contributed by atoms with Gasteiger partial charge in [-0.3, -0.25) is 9.69 Å². The minimum Gasteiger partial charge on any atom is -0.494 e. The van der Waals surface area contributed by atoms with Gasteiger partial charge in [0.15, 0.2) is 5.78 Å². The van der Waals surface area contributed by atoms with Crippen LogP contribution in [0, 0.1) is 0 Å². The number of hydrogen-bond acceptors (Lipinski definition) is 6. The van der Waals surface area contributed by atoms with Crippen LogP contribution in [0.25, 0.3) is 11.1 Å². The molecule has 6 nitrogen and oxygen atoms in total. The first-order valence-corrected chi connectivity index (χ1v) is 10.8. The van der Waals surface area contributed by atoms with E-state index in [2.05, 4.69) is 11.8 Å². The zero-order chi connectivity index (χ0) is 20.9. The van der Waals surface area contributed by atoms with E-state index in [-0.39, 0.29) is 5.78 Å². The number of ether oxygens (including phenoxy) is 4. The second-order valence-corrected chi connectivity index (χ2v) is 7.44. The lowest BCUT2D eigenvalue weighted by Gasteiger charge is -2.26. The molecule has 0 N–H and O–H groups in total. The quantitative estimate of drug-likeness (QED) is 0.534. The van der Waals surface area contributed by atoms with Gasteiger partial charge in [0.05, 0.1) is 26.4 Å². The van der Waals surface area contributed by atoms with E-state index in [1.165, 1.54) is 0 Å². The van der Waals surface area contributed by atoms with Crippen LogP contribution in [0.15, 0.2) is 30.3 Å². The first-order chi connectivity index (χ1) is 14.7. The van der Waals surface area contributed by atoms with Crippen LogP contribution in [-0.4, -0.2) is 63.4 Å². The number of ketones is 1. The van der Waals surface area contributed by atoms with Crippen molar-refractivity contribution < 1.29 is 23.7 Å². The zero-order valence-corrected chi connectivity index (χ0v) is 17.7. The van der Waals surface area contributed by atoms with Gasteiger partial charge in [0.25, 0.3) is 0 Å². The molecule has 2 aromatic rings. The van der Waals surface area contributed by atoms with E-state index in [4.69, 9.17) is 18.9 Å². The molecule has 0 amide bonds. The van der Waals surface area contributed by atoms with Gasteiger partial charge in [0, 0.05) is 48.0 Å². The molecule has 0 aromatic heterocycles. The lowest BCUT2D eigenvalue weighted by molar-refractivity contribution is 0.0323. The number of carbonyl (C=O) groups is 1. The van der Waals surface area contributed by atoms with Crippen molar-refractivity contribution in [3.63, 3.8) is 0 Å². The van der Waals surface area contributed by atoms with Gasteiger partial charge in [-0.25, -0.2) is 0 Å². The largest absolute Gasteiger partial charge is 0.494 e. The van der Waals surface area contributed by atoms with Crippen molar-refractivity contribution >= 4 is 5.78 Å². The summed E-state index contributed by atoms with van der Waals surface area (Å²) in [6.45, 7) is 9.86. The van der Waals surface area contributed by atoms with Crippen molar-refractivity contribution in [3.8, 4) is 28.4 Å². The first-order valence-electron chi connectivity index (χ1n) is 10.8. The topological polar surface area (TPSA) is 57.2 Å². The summed E-state index contributed by atoms with van der Waals surface area (Å²) in [5.74, 6) is 2.03. The van der Waals surface area contributed by atoms with E-state index in [0.29, 0.717) is 42.4 Å². The lowest BCUT2D eigenvalue weighted by atomic mass is 10.0. The molecule has 0 spiro atoms. The highest BCUT2D eigenvalue weighted by molar-refractivity contribution is 6.23. The van der Waals surface area contributed by atoms with Gasteiger partial charge in [-0.05, 0) is 25.5 Å². The Hall–Kier alpha value is -2.57. The van der Waals surface area contributed by atoms with E-state index in [1.54, 1.807) is 0 Å². The standard InChI is InChI=1S/C24H29NO5/c1-3-11-29-21-16-17(28-4-2)15-19-23(21)22-18(24(19)26)6-5-7-20(22)30-14-10-25-8-12-27-13-9-25/h5-7,15-16H,3-4,8-14H2,1-2H3. The summed E-state index contributed by atoms with van der Waals surface area (Å²) in [5.41, 5.74) is 2.91. The summed E-state index contributed by atoms with van der Waals surface area (Å²) in [4.78, 5) is 15.5. The van der Waals surface area contributed by atoms with Crippen LogP contribution in [-0.2, 0) is 4.74 Å². The molecule has 160 valence electrons. The Labute approximate surface area is 177 Å². The molecule has 1 aliphatic carbocycles. The van der Waals surface area contributed by atoms with Crippen LogP contribution < -0.4 is 14.2 Å². The molecule has 1 fully saturated rings. The number of carbonyl (C=O) groups excluding carboxylic acids is 1. The van der Waals surface area contributed by atoms with E-state index >= 15 is 0 Å². The predicted molar refractivity (Wildman–Crippen MR) is 115 cm³/mol. The van der Waals surface area contributed by atoms with Gasteiger partial charge in [-0.2, -0.15) is 0 Å². The molecular formula is C24H29NO5. The monoisotopic (exact) mass is 411 g/mol. The van der Waals surface area contributed by atoms with Crippen LogP contribution in [0.3, 0.4) is 0 Å². The Morgan fingerprint density at radius 2 is 1.70 bits per heavy atom. The fraction of sp³-hybridized carbons (Fsp3) is 0.458. The van der Waals surface area contributed by atoms with Crippen LogP contribution in [0.2, 0.25) is 0 Å². The van der Waals surface area contributed by atoms with Crippen molar-refractivity contribution in [1.29, 1.82) is 0 Å². The van der Waals surface area contributed by atoms with Crippen molar-refractivity contribution in [3.05, 3.63) is 41.5 Å². The fourth-order valence-electron chi connectivity index (χ4n) is 3.96. The Kier molecular flexibility index (Phi) is 6.55. The molecule has 1 aliphatic heterocycles. The number of nitrogens with zero attached hydrogens (tertiary/aromatic N) is 1. The Bertz CT molecular complexity index is 905. The van der Waals surface area contributed by atoms with E-state index in [9.17, 15) is 4.79 Å². The van der Waals surface area contributed by atoms with Gasteiger partial charge in [-0.1, -0.05) is 19.1 Å². The highest BCUT2D eigenvalue weighted by Gasteiger charge is 2.33. The summed E-state index contributed by atoms with van der Waals surface area (Å²) in [6.07, 6.45) is 0.881. The third-order valence-electron chi connectivity index (χ3n) is 5.38. The highest BCUT2D eigenvalue weighted by atomic mass is 16.5. The molecule has 2 aliphatic rings. The van der Waals surface area contributed by atoms with Gasteiger partial charge in [0.1, 0.15) is 23.9 Å². The molecular weight excluding hydrogens is 382 g/mol. The molecule has 0 radical (unpaired) electrons. The van der Waals surface area contributed by atoms with Gasteiger partial charge >= 0.3 is 0 Å². The summed E-state index contributed by atoms with van der Waals surface area (Å²) >= 11 is 0. The average molecular weight is 411 g/mol. The molecule has 1 saturated heterocycles. The van der Waals surface area contributed by atoms with Gasteiger partial charge < -0.3 is 18.9 Å². The minimum atomic E-state index is -0.0125. The van der Waals surface area contributed by atoms with E-state index in [0.717, 1.165) is 56.1 Å². The second-order valence-electron chi connectivity index (χ2n) is 7.44. The predicted octanol–water partition coefficient (Wildman–Crippen LogP) is 3.80. The van der Waals surface area contributed by atoms with Gasteiger partial charge in [-0.15, -0.1) is 0 Å². The average Bonchev–Trinajstić information content (AvgIpc) is 3.06. The molecule has 4 rings (SSSR count). The van der Waals surface area contributed by atoms with Crippen LogP contribution >= 0.6 is 0 Å². The number of hydrogen-bond donors (Lipinski definition) is 0. The number of rotatable bonds is 9. The Morgan fingerprint density at radius 3 is 2.47 bits per heavy atom. The molecule has 0 unspecified atom stereocenters. The summed E-state index contributed by atoms with van der Waals surface area (Å²) in [5, 5.41) is 0. The SMILES string of the molecule is CCCOc1cc(OCC)cc2c1-c1c(OCCN3CCOCC3)cccc1C2=O. The Balaban J connectivity index is 1.64. The maximum absolute atomic E-state index is 13.2. The van der Waals surface area contributed by atoms with Crippen molar-refractivity contribution in [1.82, 2.24) is 4.90 Å². The molecule has 0 bridgehead atoms. The maximum atomic E-state index is 13.2. The number of morpholine rings is 1. The summed E-state index contributed by atoms with van der Waals surface area (Å²) in [7, 11) is 0. The van der Waals surface area contributed by atoms with Gasteiger partial charge in [0.2, 0.25) is 0 Å². The zero-order valence-electron chi connectivity index (χ0n) is 17.7. The molecule has 1 heterocycles. The van der Waals surface area contributed by atoms with Crippen LogP contribution in [0.1, 0.15) is 36.2 Å². The van der Waals surface area contributed by atoms with Crippen LogP contribution in [0.4, 0.5) is 0 Å². The van der Waals surface area contributed by atoms with Crippen LogP contribution in [0.5, 0.6) is 17.2 Å². The molecule has 0 atom stereocenters. The molecule has 0 saturated carbocycles. The highest BCUT2D eigenvalue weighted by Crippen LogP contribution is 2.49.